The molecule has 0 saturated carbocycles. The molecule has 33 heavy (non-hydrogen) atoms. The average Bonchev–Trinajstić information content (AvgIpc) is 3.50. The van der Waals surface area contributed by atoms with Crippen molar-refractivity contribution in [3.63, 3.8) is 0 Å². The molecule has 9 nitrogen and oxygen atoms in total. The highest BCUT2D eigenvalue weighted by Crippen LogP contribution is 2.32. The Balaban J connectivity index is 1.43. The normalized spacial score (nSPS) is 13.4. The van der Waals surface area contributed by atoms with Gasteiger partial charge >= 0.3 is 0 Å². The van der Waals surface area contributed by atoms with Gasteiger partial charge in [0.1, 0.15) is 5.69 Å². The van der Waals surface area contributed by atoms with Crippen LogP contribution < -0.4 is 10.2 Å². The van der Waals surface area contributed by atoms with Crippen molar-refractivity contribution in [3.05, 3.63) is 76.0 Å². The topological polar surface area (TPSA) is 114 Å². The van der Waals surface area contributed by atoms with Gasteiger partial charge in [0.2, 0.25) is 5.89 Å². The van der Waals surface area contributed by atoms with Crippen molar-refractivity contribution < 1.29 is 14.1 Å². The zero-order chi connectivity index (χ0) is 22.9. The van der Waals surface area contributed by atoms with Crippen LogP contribution in [0.4, 0.5) is 17.1 Å². The number of carbonyl (C=O) groups is 1. The lowest BCUT2D eigenvalue weighted by atomic mass is 10.1. The number of fused-ring (bicyclic) bond motifs is 1. The summed E-state index contributed by atoms with van der Waals surface area (Å²) in [5.41, 5.74) is 3.88. The highest BCUT2D eigenvalue weighted by Gasteiger charge is 2.24. The Labute approximate surface area is 189 Å². The van der Waals surface area contributed by atoms with Crippen LogP contribution in [0.15, 0.2) is 59.1 Å². The molecular weight excluding hydrogens is 422 g/mol. The number of oxazole rings is 1. The number of nitro benzene ring substituents is 1. The Morgan fingerprint density at radius 3 is 2.73 bits per heavy atom. The second-order valence-electron chi connectivity index (χ2n) is 7.98. The Morgan fingerprint density at radius 2 is 1.97 bits per heavy atom. The van der Waals surface area contributed by atoms with Crippen molar-refractivity contribution in [2.75, 3.05) is 23.3 Å². The Morgan fingerprint density at radius 1 is 1.15 bits per heavy atom. The Kier molecular flexibility index (Phi) is 5.21. The van der Waals surface area contributed by atoms with Gasteiger partial charge in [0.25, 0.3) is 11.6 Å². The Bertz CT molecular complexity index is 1340. The van der Waals surface area contributed by atoms with E-state index in [4.69, 9.17) is 4.42 Å². The van der Waals surface area contributed by atoms with Gasteiger partial charge in [-0.2, -0.15) is 4.98 Å². The number of amides is 1. The number of pyridine rings is 1. The molecule has 3 heterocycles. The number of hydrogen-bond donors (Lipinski definition) is 1. The van der Waals surface area contributed by atoms with E-state index in [1.54, 1.807) is 36.5 Å². The molecule has 0 aliphatic carbocycles. The summed E-state index contributed by atoms with van der Waals surface area (Å²) < 4.78 is 5.78. The van der Waals surface area contributed by atoms with E-state index >= 15 is 0 Å². The molecular formula is C24H21N5O4. The number of nitrogens with zero attached hydrogens (tertiary/aromatic N) is 4. The third kappa shape index (κ3) is 4.00. The summed E-state index contributed by atoms with van der Waals surface area (Å²) in [4.78, 5) is 34.8. The lowest BCUT2D eigenvalue weighted by Gasteiger charge is -2.18. The quantitative estimate of drug-likeness (QED) is 0.342. The second-order valence-corrected chi connectivity index (χ2v) is 7.98. The molecule has 5 rings (SSSR count). The lowest BCUT2D eigenvalue weighted by molar-refractivity contribution is -0.384. The van der Waals surface area contributed by atoms with Crippen molar-refractivity contribution in [2.45, 2.75) is 19.8 Å². The number of nitrogens with one attached hydrogen (secondary N) is 1. The van der Waals surface area contributed by atoms with Gasteiger partial charge in [-0.1, -0.05) is 6.07 Å². The molecule has 0 bridgehead atoms. The fraction of sp³-hybridized carbons (Fsp3) is 0.208. The number of anilines is 2. The van der Waals surface area contributed by atoms with E-state index in [9.17, 15) is 14.9 Å². The molecule has 0 radical (unpaired) electrons. The summed E-state index contributed by atoms with van der Waals surface area (Å²) in [5.74, 6) is -0.0321. The van der Waals surface area contributed by atoms with Gasteiger partial charge in [-0.3, -0.25) is 14.9 Å². The van der Waals surface area contributed by atoms with Gasteiger partial charge in [0, 0.05) is 42.2 Å². The van der Waals surface area contributed by atoms with E-state index in [2.05, 4.69) is 15.3 Å². The first-order valence-corrected chi connectivity index (χ1v) is 10.7. The summed E-state index contributed by atoms with van der Waals surface area (Å²) in [6, 6.07) is 13.7. The van der Waals surface area contributed by atoms with Crippen molar-refractivity contribution in [1.82, 2.24) is 9.97 Å². The summed E-state index contributed by atoms with van der Waals surface area (Å²) in [6.07, 6.45) is 3.65. The molecule has 9 heteroatoms. The number of aromatic nitrogens is 2. The SMILES string of the molecule is Cc1ccc(-c2nc3ncccc3o2)cc1NC(=O)c1ccc(N2CCCC2)c([N+](=O)[O-])c1. The maximum Gasteiger partial charge on any atom is 0.293 e. The van der Waals surface area contributed by atoms with Gasteiger partial charge in [-0.15, -0.1) is 0 Å². The van der Waals surface area contributed by atoms with Crippen LogP contribution >= 0.6 is 0 Å². The molecule has 2 aromatic heterocycles. The summed E-state index contributed by atoms with van der Waals surface area (Å²) in [5, 5.41) is 14.5. The fourth-order valence-electron chi connectivity index (χ4n) is 4.01. The van der Waals surface area contributed by atoms with E-state index < -0.39 is 10.8 Å². The molecule has 1 aliphatic rings. The molecule has 0 atom stereocenters. The molecule has 1 N–H and O–H groups in total. The number of aryl methyl sites for hydroxylation is 1. The van der Waals surface area contributed by atoms with E-state index in [-0.39, 0.29) is 11.3 Å². The van der Waals surface area contributed by atoms with Crippen LogP contribution in [0.25, 0.3) is 22.7 Å². The van der Waals surface area contributed by atoms with Gasteiger partial charge in [0.15, 0.2) is 11.2 Å². The third-order valence-corrected chi connectivity index (χ3v) is 5.78. The highest BCUT2D eigenvalue weighted by atomic mass is 16.6. The summed E-state index contributed by atoms with van der Waals surface area (Å²) in [7, 11) is 0. The van der Waals surface area contributed by atoms with Gasteiger partial charge in [-0.05, 0) is 61.7 Å². The molecule has 1 aliphatic heterocycles. The number of rotatable bonds is 5. The largest absolute Gasteiger partial charge is 0.434 e. The standard InChI is InChI=1S/C24H21N5O4/c1-15-6-7-17(24-27-22-21(33-24)5-4-10-25-22)13-18(15)26-23(30)16-8-9-19(20(14-16)29(31)32)28-11-2-3-12-28/h4-10,13-14H,2-3,11-12H2,1H3,(H,26,30). The van der Waals surface area contributed by atoms with Crippen LogP contribution in [0.3, 0.4) is 0 Å². The van der Waals surface area contributed by atoms with E-state index in [0.717, 1.165) is 31.5 Å². The summed E-state index contributed by atoms with van der Waals surface area (Å²) in [6.45, 7) is 3.43. The predicted molar refractivity (Wildman–Crippen MR) is 124 cm³/mol. The minimum absolute atomic E-state index is 0.0611. The molecule has 4 aromatic rings. The van der Waals surface area contributed by atoms with Crippen LogP contribution in [-0.4, -0.2) is 33.9 Å². The van der Waals surface area contributed by atoms with Crippen molar-refractivity contribution >= 4 is 34.2 Å². The average molecular weight is 443 g/mol. The first-order chi connectivity index (χ1) is 16.0. The lowest BCUT2D eigenvalue weighted by Crippen LogP contribution is -2.20. The number of nitro groups is 1. The van der Waals surface area contributed by atoms with Gasteiger partial charge in [-0.25, -0.2) is 4.98 Å². The molecule has 0 unspecified atom stereocenters. The van der Waals surface area contributed by atoms with Gasteiger partial charge < -0.3 is 14.6 Å². The minimum Gasteiger partial charge on any atom is -0.434 e. The second kappa shape index (κ2) is 8.34. The molecule has 2 aromatic carbocycles. The number of benzene rings is 2. The van der Waals surface area contributed by atoms with E-state index in [1.165, 1.54) is 6.07 Å². The third-order valence-electron chi connectivity index (χ3n) is 5.78. The van der Waals surface area contributed by atoms with E-state index in [0.29, 0.717) is 34.1 Å². The first kappa shape index (κ1) is 20.6. The highest BCUT2D eigenvalue weighted by molar-refractivity contribution is 6.05. The number of carbonyl (C=O) groups excluding carboxylic acids is 1. The van der Waals surface area contributed by atoms with Gasteiger partial charge in [0.05, 0.1) is 4.92 Å². The van der Waals surface area contributed by atoms with Crippen LogP contribution in [0, 0.1) is 17.0 Å². The molecule has 166 valence electrons. The van der Waals surface area contributed by atoms with Crippen LogP contribution in [0.1, 0.15) is 28.8 Å². The van der Waals surface area contributed by atoms with E-state index in [1.807, 2.05) is 24.0 Å². The Hall–Kier alpha value is -4.27. The van der Waals surface area contributed by atoms with Crippen LogP contribution in [0.2, 0.25) is 0 Å². The summed E-state index contributed by atoms with van der Waals surface area (Å²) >= 11 is 0. The number of hydrogen-bond acceptors (Lipinski definition) is 7. The monoisotopic (exact) mass is 443 g/mol. The van der Waals surface area contributed by atoms with Crippen LogP contribution in [-0.2, 0) is 0 Å². The van der Waals surface area contributed by atoms with Crippen LogP contribution in [0.5, 0.6) is 0 Å². The molecule has 0 spiro atoms. The predicted octanol–water partition coefficient (Wildman–Crippen LogP) is 4.96. The molecule has 1 fully saturated rings. The smallest absolute Gasteiger partial charge is 0.293 e. The maximum absolute atomic E-state index is 13.0. The maximum atomic E-state index is 13.0. The molecule has 1 amide bonds. The van der Waals surface area contributed by atoms with Crippen molar-refractivity contribution in [3.8, 4) is 11.5 Å². The minimum atomic E-state index is -0.433. The van der Waals surface area contributed by atoms with Crippen molar-refractivity contribution in [1.29, 1.82) is 0 Å². The van der Waals surface area contributed by atoms with Crippen molar-refractivity contribution in [2.24, 2.45) is 0 Å². The molecule has 1 saturated heterocycles. The zero-order valence-corrected chi connectivity index (χ0v) is 17.9. The first-order valence-electron chi connectivity index (χ1n) is 10.7. The fourth-order valence-corrected chi connectivity index (χ4v) is 4.01. The zero-order valence-electron chi connectivity index (χ0n) is 17.9.